The highest BCUT2D eigenvalue weighted by Gasteiger charge is 2.25. The second kappa shape index (κ2) is 15.1. The van der Waals surface area contributed by atoms with E-state index < -0.39 is 0 Å². The van der Waals surface area contributed by atoms with E-state index >= 15 is 0 Å². The van der Waals surface area contributed by atoms with Crippen molar-refractivity contribution < 1.29 is 19.0 Å². The molecule has 5 nitrogen and oxygen atoms in total. The Hall–Kier alpha value is -2.15. The maximum atomic E-state index is 13.7. The van der Waals surface area contributed by atoms with E-state index in [0.717, 1.165) is 43.3 Å². The summed E-state index contributed by atoms with van der Waals surface area (Å²) in [5.41, 5.74) is 2.58. The van der Waals surface area contributed by atoms with Crippen LogP contribution >= 0.6 is 0 Å². The number of methoxy groups -OCH3 is 1. The van der Waals surface area contributed by atoms with Crippen molar-refractivity contribution in [3.8, 4) is 11.5 Å². The van der Waals surface area contributed by atoms with E-state index in [1.807, 2.05) is 12.1 Å². The van der Waals surface area contributed by atoms with Gasteiger partial charge in [0.25, 0.3) is 0 Å². The molecule has 0 aromatic heterocycles. The number of aliphatic hydroxyl groups excluding tert-OH is 1. The summed E-state index contributed by atoms with van der Waals surface area (Å²) in [5.74, 6) is 2.83. The van der Waals surface area contributed by atoms with Gasteiger partial charge in [0.2, 0.25) is 0 Å². The van der Waals surface area contributed by atoms with E-state index in [1.54, 1.807) is 0 Å². The normalized spacial score (nSPS) is 18.5. The van der Waals surface area contributed by atoms with Crippen molar-refractivity contribution in [1.82, 2.24) is 10.6 Å². The van der Waals surface area contributed by atoms with Gasteiger partial charge in [-0.1, -0.05) is 38.0 Å². The standard InChI is InChI=1S/C29H43FN2O3/c1-22(25-10-13-28(30)29(21-25)34-2)4-3-5-23-6-7-26(20-23)24-8-11-27(12-9-24)35-19-17-32-15-14-31-16-18-33/h8-13,21-23,26,31-33H,3-7,14-20H2,1-2H3. The smallest absolute Gasteiger partial charge is 0.165 e. The highest BCUT2D eigenvalue weighted by atomic mass is 19.1. The van der Waals surface area contributed by atoms with Gasteiger partial charge in [0.15, 0.2) is 11.6 Å². The van der Waals surface area contributed by atoms with E-state index in [4.69, 9.17) is 14.6 Å². The molecule has 194 valence electrons. The maximum Gasteiger partial charge on any atom is 0.165 e. The molecule has 0 saturated heterocycles. The average Bonchev–Trinajstić information content (AvgIpc) is 3.35. The first-order valence-corrected chi connectivity index (χ1v) is 13.2. The topological polar surface area (TPSA) is 62.8 Å². The number of halogens is 1. The predicted octanol–water partition coefficient (Wildman–Crippen LogP) is 5.24. The minimum atomic E-state index is -0.295. The third-order valence-corrected chi connectivity index (χ3v) is 7.20. The fourth-order valence-corrected chi connectivity index (χ4v) is 5.09. The molecule has 0 radical (unpaired) electrons. The third-order valence-electron chi connectivity index (χ3n) is 7.20. The summed E-state index contributed by atoms with van der Waals surface area (Å²) in [4.78, 5) is 0. The first-order chi connectivity index (χ1) is 17.1. The van der Waals surface area contributed by atoms with Crippen molar-refractivity contribution in [3.05, 3.63) is 59.4 Å². The molecule has 0 amide bonds. The van der Waals surface area contributed by atoms with Crippen molar-refractivity contribution in [2.24, 2.45) is 5.92 Å². The van der Waals surface area contributed by atoms with E-state index in [2.05, 4.69) is 41.8 Å². The summed E-state index contributed by atoms with van der Waals surface area (Å²) in [6.45, 7) is 6.20. The SMILES string of the molecule is COc1cc(C(C)CCCC2CCC(c3ccc(OCCNCCNCCO)cc3)C2)ccc1F. The Labute approximate surface area is 210 Å². The minimum Gasteiger partial charge on any atom is -0.494 e. The molecule has 3 N–H and O–H groups in total. The van der Waals surface area contributed by atoms with Gasteiger partial charge in [-0.15, -0.1) is 0 Å². The van der Waals surface area contributed by atoms with E-state index in [1.165, 1.54) is 50.8 Å². The zero-order valence-electron chi connectivity index (χ0n) is 21.4. The molecule has 6 heteroatoms. The fraction of sp³-hybridized carbons (Fsp3) is 0.586. The molecule has 0 heterocycles. The van der Waals surface area contributed by atoms with E-state index in [9.17, 15) is 4.39 Å². The summed E-state index contributed by atoms with van der Waals surface area (Å²) in [5, 5.41) is 15.2. The zero-order chi connectivity index (χ0) is 24.9. The fourth-order valence-electron chi connectivity index (χ4n) is 5.09. The largest absolute Gasteiger partial charge is 0.494 e. The Morgan fingerprint density at radius 1 is 1.03 bits per heavy atom. The maximum absolute atomic E-state index is 13.7. The van der Waals surface area contributed by atoms with Crippen molar-refractivity contribution in [3.63, 3.8) is 0 Å². The molecule has 0 spiro atoms. The Balaban J connectivity index is 1.32. The van der Waals surface area contributed by atoms with Crippen LogP contribution in [0.3, 0.4) is 0 Å². The molecule has 0 aliphatic heterocycles. The van der Waals surface area contributed by atoms with Crippen molar-refractivity contribution in [2.75, 3.05) is 46.5 Å². The third kappa shape index (κ3) is 9.10. The predicted molar refractivity (Wildman–Crippen MR) is 140 cm³/mol. The van der Waals surface area contributed by atoms with Gasteiger partial charge in [-0.3, -0.25) is 0 Å². The first kappa shape index (κ1) is 27.4. The van der Waals surface area contributed by atoms with Crippen LogP contribution in [-0.2, 0) is 0 Å². The van der Waals surface area contributed by atoms with Gasteiger partial charge in [-0.2, -0.15) is 0 Å². The lowest BCUT2D eigenvalue weighted by Crippen LogP contribution is -2.31. The van der Waals surface area contributed by atoms with Crippen LogP contribution in [0.15, 0.2) is 42.5 Å². The summed E-state index contributed by atoms with van der Waals surface area (Å²) >= 11 is 0. The van der Waals surface area contributed by atoms with Gasteiger partial charge in [0, 0.05) is 26.2 Å². The molecule has 0 bridgehead atoms. The molecule has 1 fully saturated rings. The summed E-state index contributed by atoms with van der Waals surface area (Å²) < 4.78 is 24.7. The number of hydrogen-bond acceptors (Lipinski definition) is 5. The van der Waals surface area contributed by atoms with Crippen LogP contribution < -0.4 is 20.1 Å². The van der Waals surface area contributed by atoms with Crippen LogP contribution in [0.2, 0.25) is 0 Å². The van der Waals surface area contributed by atoms with Crippen LogP contribution in [0, 0.1) is 11.7 Å². The molecule has 1 aliphatic rings. The Bertz CT molecular complexity index is 862. The van der Waals surface area contributed by atoms with Gasteiger partial charge in [-0.05, 0) is 78.8 Å². The number of aliphatic hydroxyl groups is 1. The summed E-state index contributed by atoms with van der Waals surface area (Å²) in [6, 6.07) is 13.9. The van der Waals surface area contributed by atoms with Crippen molar-refractivity contribution in [1.29, 1.82) is 0 Å². The molecule has 2 aromatic rings. The first-order valence-electron chi connectivity index (χ1n) is 13.2. The second-order valence-corrected chi connectivity index (χ2v) is 9.74. The molecule has 1 aliphatic carbocycles. The van der Waals surface area contributed by atoms with Crippen LogP contribution in [0.25, 0.3) is 0 Å². The monoisotopic (exact) mass is 486 g/mol. The summed E-state index contributed by atoms with van der Waals surface area (Å²) in [6.07, 6.45) is 7.44. The quantitative estimate of drug-likeness (QED) is 0.283. The number of benzene rings is 2. The molecule has 3 rings (SSSR count). The lowest BCUT2D eigenvalue weighted by atomic mass is 9.91. The van der Waals surface area contributed by atoms with Crippen molar-refractivity contribution >= 4 is 0 Å². The number of hydrogen-bond donors (Lipinski definition) is 3. The van der Waals surface area contributed by atoms with Gasteiger partial charge in [0.1, 0.15) is 12.4 Å². The van der Waals surface area contributed by atoms with Gasteiger partial charge < -0.3 is 25.2 Å². The zero-order valence-corrected chi connectivity index (χ0v) is 21.4. The highest BCUT2D eigenvalue weighted by Crippen LogP contribution is 2.41. The molecule has 1 saturated carbocycles. The summed E-state index contributed by atoms with van der Waals surface area (Å²) in [7, 11) is 1.52. The number of nitrogens with one attached hydrogen (secondary N) is 2. The molecule has 3 atom stereocenters. The Morgan fingerprint density at radius 3 is 2.54 bits per heavy atom. The number of ether oxygens (including phenoxy) is 2. The molecular formula is C29H43FN2O3. The van der Waals surface area contributed by atoms with Gasteiger partial charge in [-0.25, -0.2) is 4.39 Å². The minimum absolute atomic E-state index is 0.176. The Kier molecular flexibility index (Phi) is 11.8. The second-order valence-electron chi connectivity index (χ2n) is 9.74. The van der Waals surface area contributed by atoms with Gasteiger partial charge in [0.05, 0.1) is 13.7 Å². The van der Waals surface area contributed by atoms with Crippen LogP contribution in [0.4, 0.5) is 4.39 Å². The lowest BCUT2D eigenvalue weighted by Gasteiger charge is -2.16. The van der Waals surface area contributed by atoms with Crippen LogP contribution in [-0.4, -0.2) is 51.6 Å². The van der Waals surface area contributed by atoms with E-state index in [0.29, 0.717) is 30.7 Å². The van der Waals surface area contributed by atoms with Gasteiger partial charge >= 0.3 is 0 Å². The Morgan fingerprint density at radius 2 is 1.80 bits per heavy atom. The van der Waals surface area contributed by atoms with Crippen LogP contribution in [0.5, 0.6) is 11.5 Å². The number of rotatable bonds is 16. The average molecular weight is 487 g/mol. The molecule has 3 unspecified atom stereocenters. The molecule has 35 heavy (non-hydrogen) atoms. The highest BCUT2D eigenvalue weighted by molar-refractivity contribution is 5.32. The molecule has 2 aromatic carbocycles. The van der Waals surface area contributed by atoms with E-state index in [-0.39, 0.29) is 12.4 Å². The lowest BCUT2D eigenvalue weighted by molar-refractivity contribution is 0.290. The van der Waals surface area contributed by atoms with Crippen LogP contribution in [0.1, 0.15) is 68.4 Å². The molecular weight excluding hydrogens is 443 g/mol. The van der Waals surface area contributed by atoms with Crippen molar-refractivity contribution in [2.45, 2.75) is 57.3 Å².